The van der Waals surface area contributed by atoms with Gasteiger partial charge >= 0.3 is 0 Å². The zero-order valence-corrected chi connectivity index (χ0v) is 8.72. The van der Waals surface area contributed by atoms with Gasteiger partial charge in [0.2, 0.25) is 0 Å². The van der Waals surface area contributed by atoms with Crippen molar-refractivity contribution < 1.29 is 0 Å². The van der Waals surface area contributed by atoms with Crippen molar-refractivity contribution in [3.63, 3.8) is 0 Å². The predicted octanol–water partition coefficient (Wildman–Crippen LogP) is 4.34. The SMILES string of the molecule is CC=CC(C)CCC=CCCC. The first-order chi connectivity index (χ1) is 5.81. The summed E-state index contributed by atoms with van der Waals surface area (Å²) < 4.78 is 0. The smallest absolute Gasteiger partial charge is 0.0259 e. The highest BCUT2D eigenvalue weighted by Gasteiger charge is 1.92. The maximum Gasteiger partial charge on any atom is -0.0259 e. The summed E-state index contributed by atoms with van der Waals surface area (Å²) in [5.74, 6) is 0.737. The van der Waals surface area contributed by atoms with Gasteiger partial charge in [0.25, 0.3) is 0 Å². The van der Waals surface area contributed by atoms with Crippen LogP contribution in [-0.4, -0.2) is 0 Å². The number of unbranched alkanes of at least 4 members (excludes halogenated alkanes) is 1. The highest BCUT2D eigenvalue weighted by atomic mass is 14.0. The first kappa shape index (κ1) is 11.5. The van der Waals surface area contributed by atoms with Gasteiger partial charge in [-0.25, -0.2) is 0 Å². The fraction of sp³-hybridized carbons (Fsp3) is 0.667. The van der Waals surface area contributed by atoms with Gasteiger partial charge in [0, 0.05) is 0 Å². The van der Waals surface area contributed by atoms with Crippen LogP contribution in [0.2, 0.25) is 0 Å². The second kappa shape index (κ2) is 8.58. The van der Waals surface area contributed by atoms with Crippen LogP contribution in [0.25, 0.3) is 0 Å². The van der Waals surface area contributed by atoms with Crippen LogP contribution < -0.4 is 0 Å². The second-order valence-corrected chi connectivity index (χ2v) is 3.34. The Kier molecular flexibility index (Phi) is 8.20. The third-order valence-electron chi connectivity index (χ3n) is 1.93. The van der Waals surface area contributed by atoms with Crippen molar-refractivity contribution in [1.82, 2.24) is 0 Å². The molecule has 0 radical (unpaired) electrons. The van der Waals surface area contributed by atoms with Crippen molar-refractivity contribution in [3.05, 3.63) is 24.3 Å². The zero-order valence-electron chi connectivity index (χ0n) is 8.72. The minimum absolute atomic E-state index is 0.737. The Morgan fingerprint density at radius 2 is 1.83 bits per heavy atom. The van der Waals surface area contributed by atoms with Gasteiger partial charge in [-0.2, -0.15) is 0 Å². The van der Waals surface area contributed by atoms with Crippen molar-refractivity contribution >= 4 is 0 Å². The Morgan fingerprint density at radius 1 is 1.17 bits per heavy atom. The lowest BCUT2D eigenvalue weighted by atomic mass is 10.1. The molecule has 0 aliphatic heterocycles. The minimum atomic E-state index is 0.737. The Bertz CT molecular complexity index is 131. The molecule has 0 aromatic heterocycles. The Labute approximate surface area is 77.4 Å². The molecule has 0 aliphatic carbocycles. The summed E-state index contributed by atoms with van der Waals surface area (Å²) in [7, 11) is 0. The van der Waals surface area contributed by atoms with E-state index in [2.05, 4.69) is 45.1 Å². The van der Waals surface area contributed by atoms with Crippen LogP contribution in [-0.2, 0) is 0 Å². The largest absolute Gasteiger partial charge is 0.0914 e. The molecule has 1 unspecified atom stereocenters. The molecular formula is C12H22. The monoisotopic (exact) mass is 166 g/mol. The van der Waals surface area contributed by atoms with Crippen LogP contribution in [0.5, 0.6) is 0 Å². The fourth-order valence-corrected chi connectivity index (χ4v) is 1.19. The van der Waals surface area contributed by atoms with Crippen molar-refractivity contribution in [2.24, 2.45) is 5.92 Å². The van der Waals surface area contributed by atoms with E-state index in [0.29, 0.717) is 0 Å². The van der Waals surface area contributed by atoms with Crippen LogP contribution in [0.4, 0.5) is 0 Å². The van der Waals surface area contributed by atoms with Crippen molar-refractivity contribution in [2.75, 3.05) is 0 Å². The Balaban J connectivity index is 3.29. The standard InChI is InChI=1S/C12H22/c1-4-6-7-8-9-11-12(3)10-5-2/h5,7-8,10,12H,4,6,9,11H2,1-3H3. The highest BCUT2D eigenvalue weighted by molar-refractivity contribution is 4.87. The molecular weight excluding hydrogens is 144 g/mol. The molecule has 70 valence electrons. The van der Waals surface area contributed by atoms with Gasteiger partial charge < -0.3 is 0 Å². The molecule has 0 saturated carbocycles. The van der Waals surface area contributed by atoms with Crippen molar-refractivity contribution in [1.29, 1.82) is 0 Å². The molecule has 0 heterocycles. The van der Waals surface area contributed by atoms with E-state index in [0.717, 1.165) is 5.92 Å². The highest BCUT2D eigenvalue weighted by Crippen LogP contribution is 2.07. The molecule has 12 heavy (non-hydrogen) atoms. The summed E-state index contributed by atoms with van der Waals surface area (Å²) in [5.41, 5.74) is 0. The quantitative estimate of drug-likeness (QED) is 0.515. The van der Waals surface area contributed by atoms with Gasteiger partial charge in [0.05, 0.1) is 0 Å². The van der Waals surface area contributed by atoms with Gasteiger partial charge in [-0.1, -0.05) is 44.6 Å². The maximum absolute atomic E-state index is 2.31. The van der Waals surface area contributed by atoms with Crippen LogP contribution in [0.3, 0.4) is 0 Å². The maximum atomic E-state index is 2.31. The molecule has 0 spiro atoms. The second-order valence-electron chi connectivity index (χ2n) is 3.34. The Hall–Kier alpha value is -0.520. The number of rotatable bonds is 6. The van der Waals surface area contributed by atoms with E-state index < -0.39 is 0 Å². The van der Waals surface area contributed by atoms with Crippen LogP contribution in [0.15, 0.2) is 24.3 Å². The molecule has 0 saturated heterocycles. The summed E-state index contributed by atoms with van der Waals surface area (Å²) in [4.78, 5) is 0. The average molecular weight is 166 g/mol. The predicted molar refractivity (Wildman–Crippen MR) is 57.3 cm³/mol. The molecule has 0 aromatic carbocycles. The molecule has 0 fully saturated rings. The molecule has 0 amide bonds. The third-order valence-corrected chi connectivity index (χ3v) is 1.93. The topological polar surface area (TPSA) is 0 Å². The molecule has 0 bridgehead atoms. The number of hydrogen-bond acceptors (Lipinski definition) is 0. The summed E-state index contributed by atoms with van der Waals surface area (Å²) in [6.07, 6.45) is 14.0. The lowest BCUT2D eigenvalue weighted by Crippen LogP contribution is -1.86. The van der Waals surface area contributed by atoms with Gasteiger partial charge in [-0.3, -0.25) is 0 Å². The van der Waals surface area contributed by atoms with E-state index in [-0.39, 0.29) is 0 Å². The van der Waals surface area contributed by atoms with Gasteiger partial charge in [-0.05, 0) is 32.1 Å². The molecule has 1 atom stereocenters. The first-order valence-corrected chi connectivity index (χ1v) is 5.09. The summed E-state index contributed by atoms with van der Waals surface area (Å²) in [5, 5.41) is 0. The normalized spacial score (nSPS) is 14.6. The van der Waals surface area contributed by atoms with Crippen LogP contribution >= 0.6 is 0 Å². The molecule has 0 aromatic rings. The number of allylic oxidation sites excluding steroid dienone is 4. The number of hydrogen-bond donors (Lipinski definition) is 0. The molecule has 0 rings (SSSR count). The fourth-order valence-electron chi connectivity index (χ4n) is 1.19. The van der Waals surface area contributed by atoms with Crippen LogP contribution in [0, 0.1) is 5.92 Å². The minimum Gasteiger partial charge on any atom is -0.0914 e. The van der Waals surface area contributed by atoms with E-state index in [1.54, 1.807) is 0 Å². The molecule has 0 aliphatic rings. The third kappa shape index (κ3) is 7.59. The zero-order chi connectivity index (χ0) is 9.23. The lowest BCUT2D eigenvalue weighted by Gasteiger charge is -2.01. The lowest BCUT2D eigenvalue weighted by molar-refractivity contribution is 0.656. The molecule has 0 nitrogen and oxygen atoms in total. The van der Waals surface area contributed by atoms with E-state index in [4.69, 9.17) is 0 Å². The van der Waals surface area contributed by atoms with Crippen molar-refractivity contribution in [3.8, 4) is 0 Å². The van der Waals surface area contributed by atoms with Gasteiger partial charge in [0.1, 0.15) is 0 Å². The van der Waals surface area contributed by atoms with E-state index in [9.17, 15) is 0 Å². The summed E-state index contributed by atoms with van der Waals surface area (Å²) in [6, 6.07) is 0. The molecule has 0 heteroatoms. The summed E-state index contributed by atoms with van der Waals surface area (Å²) in [6.45, 7) is 6.57. The van der Waals surface area contributed by atoms with Crippen molar-refractivity contribution in [2.45, 2.75) is 46.5 Å². The molecule has 0 N–H and O–H groups in total. The van der Waals surface area contributed by atoms with Crippen LogP contribution in [0.1, 0.15) is 46.5 Å². The van der Waals surface area contributed by atoms with E-state index in [1.165, 1.54) is 25.7 Å². The van der Waals surface area contributed by atoms with Gasteiger partial charge in [-0.15, -0.1) is 0 Å². The van der Waals surface area contributed by atoms with E-state index >= 15 is 0 Å². The van der Waals surface area contributed by atoms with Gasteiger partial charge in [0.15, 0.2) is 0 Å². The first-order valence-electron chi connectivity index (χ1n) is 5.09. The summed E-state index contributed by atoms with van der Waals surface area (Å²) >= 11 is 0. The Morgan fingerprint density at radius 3 is 2.42 bits per heavy atom. The van der Waals surface area contributed by atoms with E-state index in [1.807, 2.05) is 0 Å². The average Bonchev–Trinajstić information content (AvgIpc) is 2.05.